The topological polar surface area (TPSA) is 64.6 Å². The number of carbonyl (C=O) groups excluding carboxylic acids is 2. The number of carbonyl (C=O) groups is 2. The lowest BCUT2D eigenvalue weighted by Crippen LogP contribution is -2.45. The highest BCUT2D eigenvalue weighted by Crippen LogP contribution is 2.12. The first-order valence-electron chi connectivity index (χ1n) is 11.1. The smallest absolute Gasteiger partial charge is 0.408 e. The molecule has 0 fully saturated rings. The number of nitrogens with one attached hydrogen (secondary N) is 1. The molecule has 28 heavy (non-hydrogen) atoms. The van der Waals surface area contributed by atoms with E-state index in [9.17, 15) is 9.59 Å². The molecule has 0 spiro atoms. The van der Waals surface area contributed by atoms with Gasteiger partial charge in [-0.15, -0.1) is 6.42 Å². The number of esters is 1. The van der Waals surface area contributed by atoms with Crippen molar-refractivity contribution in [1.29, 1.82) is 0 Å². The van der Waals surface area contributed by atoms with Crippen LogP contribution in [0.15, 0.2) is 0 Å². The number of rotatable bonds is 17. The largest absolute Gasteiger partial charge is 0.464 e. The maximum absolute atomic E-state index is 12.2. The Labute approximate surface area is 172 Å². The summed E-state index contributed by atoms with van der Waals surface area (Å²) in [5.41, 5.74) is 0. The van der Waals surface area contributed by atoms with E-state index in [1.54, 1.807) is 0 Å². The SMILES string of the molecule is C#CCOC(=O)NC(C(=O)OCCCCCCCCCCCCCC)C(C)C. The highest BCUT2D eigenvalue weighted by atomic mass is 16.6. The highest BCUT2D eigenvalue weighted by molar-refractivity contribution is 5.81. The van der Waals surface area contributed by atoms with Gasteiger partial charge in [0.1, 0.15) is 6.04 Å². The molecular formula is C23H41NO4. The minimum atomic E-state index is -0.720. The number of hydrogen-bond donors (Lipinski definition) is 1. The van der Waals surface area contributed by atoms with E-state index in [0.29, 0.717) is 6.61 Å². The number of alkyl carbamates (subject to hydrolysis) is 1. The van der Waals surface area contributed by atoms with E-state index in [2.05, 4.69) is 18.2 Å². The molecule has 5 heteroatoms. The normalized spacial score (nSPS) is 11.7. The Hall–Kier alpha value is -1.70. The predicted octanol–water partition coefficient (Wildman–Crippen LogP) is 5.61. The van der Waals surface area contributed by atoms with Crippen molar-refractivity contribution in [2.75, 3.05) is 13.2 Å². The second-order valence-corrected chi connectivity index (χ2v) is 7.70. The molecule has 0 rings (SSSR count). The fraction of sp³-hybridized carbons (Fsp3) is 0.826. The van der Waals surface area contributed by atoms with Gasteiger partial charge >= 0.3 is 12.1 Å². The van der Waals surface area contributed by atoms with Gasteiger partial charge in [-0.1, -0.05) is 97.3 Å². The van der Waals surface area contributed by atoms with Crippen molar-refractivity contribution < 1.29 is 19.1 Å². The van der Waals surface area contributed by atoms with Gasteiger partial charge in [0.15, 0.2) is 6.61 Å². The molecule has 0 aliphatic rings. The van der Waals surface area contributed by atoms with Crippen molar-refractivity contribution in [3.05, 3.63) is 0 Å². The van der Waals surface area contributed by atoms with Gasteiger partial charge < -0.3 is 14.8 Å². The zero-order valence-corrected chi connectivity index (χ0v) is 18.3. The van der Waals surface area contributed by atoms with Gasteiger partial charge in [0, 0.05) is 0 Å². The van der Waals surface area contributed by atoms with Crippen molar-refractivity contribution in [3.8, 4) is 12.3 Å². The van der Waals surface area contributed by atoms with Crippen LogP contribution in [0.4, 0.5) is 4.79 Å². The summed E-state index contributed by atoms with van der Waals surface area (Å²) >= 11 is 0. The zero-order chi connectivity index (χ0) is 21.0. The minimum Gasteiger partial charge on any atom is -0.464 e. The van der Waals surface area contributed by atoms with Crippen molar-refractivity contribution in [2.24, 2.45) is 5.92 Å². The first-order valence-corrected chi connectivity index (χ1v) is 11.1. The molecule has 1 N–H and O–H groups in total. The van der Waals surface area contributed by atoms with E-state index in [4.69, 9.17) is 15.9 Å². The monoisotopic (exact) mass is 395 g/mol. The van der Waals surface area contributed by atoms with Crippen LogP contribution in [-0.2, 0) is 14.3 Å². The highest BCUT2D eigenvalue weighted by Gasteiger charge is 2.26. The molecule has 0 aromatic carbocycles. The summed E-state index contributed by atoms with van der Waals surface area (Å²) in [6, 6.07) is -0.720. The van der Waals surface area contributed by atoms with Crippen LogP contribution in [0.3, 0.4) is 0 Å². The van der Waals surface area contributed by atoms with Gasteiger partial charge in [0.05, 0.1) is 6.61 Å². The lowest BCUT2D eigenvalue weighted by atomic mass is 10.0. The molecule has 1 unspecified atom stereocenters. The van der Waals surface area contributed by atoms with Crippen LogP contribution in [0, 0.1) is 18.3 Å². The van der Waals surface area contributed by atoms with Crippen molar-refractivity contribution >= 4 is 12.1 Å². The average Bonchev–Trinajstić information content (AvgIpc) is 2.67. The van der Waals surface area contributed by atoms with Crippen LogP contribution in [0.5, 0.6) is 0 Å². The lowest BCUT2D eigenvalue weighted by molar-refractivity contribution is -0.147. The van der Waals surface area contributed by atoms with Crippen LogP contribution < -0.4 is 5.32 Å². The van der Waals surface area contributed by atoms with E-state index in [1.165, 1.54) is 64.2 Å². The van der Waals surface area contributed by atoms with Gasteiger partial charge in [-0.3, -0.25) is 0 Å². The van der Waals surface area contributed by atoms with Crippen LogP contribution in [0.25, 0.3) is 0 Å². The Morgan fingerprint density at radius 1 is 0.857 bits per heavy atom. The molecule has 1 amide bonds. The maximum Gasteiger partial charge on any atom is 0.408 e. The van der Waals surface area contributed by atoms with Gasteiger partial charge in [0.25, 0.3) is 0 Å². The summed E-state index contributed by atoms with van der Waals surface area (Å²) in [6.07, 6.45) is 19.5. The number of hydrogen-bond acceptors (Lipinski definition) is 4. The van der Waals surface area contributed by atoms with Crippen LogP contribution in [0.1, 0.15) is 97.8 Å². The maximum atomic E-state index is 12.2. The number of unbranched alkanes of at least 4 members (excludes halogenated alkanes) is 11. The predicted molar refractivity (Wildman–Crippen MR) is 114 cm³/mol. The van der Waals surface area contributed by atoms with E-state index in [-0.39, 0.29) is 12.5 Å². The molecule has 0 saturated carbocycles. The molecule has 0 bridgehead atoms. The summed E-state index contributed by atoms with van der Waals surface area (Å²) in [4.78, 5) is 23.7. The van der Waals surface area contributed by atoms with Crippen molar-refractivity contribution in [3.63, 3.8) is 0 Å². The summed E-state index contributed by atoms with van der Waals surface area (Å²) in [5.74, 6) is 1.70. The molecule has 0 aromatic rings. The fourth-order valence-electron chi connectivity index (χ4n) is 2.98. The number of ether oxygens (including phenoxy) is 2. The van der Waals surface area contributed by atoms with Gasteiger partial charge in [-0.05, 0) is 12.3 Å². The number of amides is 1. The summed E-state index contributed by atoms with van der Waals surface area (Å²) in [6.45, 7) is 6.21. The summed E-state index contributed by atoms with van der Waals surface area (Å²) < 4.78 is 10.1. The Bertz CT molecular complexity index is 442. The Balaban J connectivity index is 3.68. The average molecular weight is 396 g/mol. The standard InChI is InChI=1S/C23H41NO4/c1-5-7-8-9-10-11-12-13-14-15-16-17-19-27-22(25)21(20(3)4)24-23(26)28-18-6-2/h2,20-21H,5,7-19H2,1,3-4H3,(H,24,26). The van der Waals surface area contributed by atoms with E-state index >= 15 is 0 Å². The van der Waals surface area contributed by atoms with Crippen molar-refractivity contribution in [1.82, 2.24) is 5.32 Å². The molecule has 0 radical (unpaired) electrons. The zero-order valence-electron chi connectivity index (χ0n) is 18.3. The molecule has 0 aromatic heterocycles. The molecule has 0 aliphatic heterocycles. The quantitative estimate of drug-likeness (QED) is 0.197. The van der Waals surface area contributed by atoms with E-state index in [0.717, 1.165) is 12.8 Å². The van der Waals surface area contributed by atoms with Gasteiger partial charge in [-0.2, -0.15) is 0 Å². The molecule has 162 valence electrons. The molecule has 0 heterocycles. The summed E-state index contributed by atoms with van der Waals surface area (Å²) in [5, 5.41) is 2.52. The first kappa shape index (κ1) is 26.3. The second kappa shape index (κ2) is 18.7. The Kier molecular flexibility index (Phi) is 17.5. The molecule has 0 aliphatic carbocycles. The molecule has 1 atom stereocenters. The van der Waals surface area contributed by atoms with Crippen LogP contribution in [-0.4, -0.2) is 31.3 Å². The third-order valence-electron chi connectivity index (χ3n) is 4.72. The lowest BCUT2D eigenvalue weighted by Gasteiger charge is -2.20. The molecule has 5 nitrogen and oxygen atoms in total. The van der Waals surface area contributed by atoms with Crippen molar-refractivity contribution in [2.45, 2.75) is 104 Å². The molecular weight excluding hydrogens is 354 g/mol. The summed E-state index contributed by atoms with van der Waals surface area (Å²) in [7, 11) is 0. The van der Waals surface area contributed by atoms with Crippen LogP contribution in [0.2, 0.25) is 0 Å². The van der Waals surface area contributed by atoms with Gasteiger partial charge in [0.2, 0.25) is 0 Å². The fourth-order valence-corrected chi connectivity index (χ4v) is 2.98. The van der Waals surface area contributed by atoms with E-state index < -0.39 is 18.1 Å². The van der Waals surface area contributed by atoms with Crippen LogP contribution >= 0.6 is 0 Å². The third-order valence-corrected chi connectivity index (χ3v) is 4.72. The number of terminal acetylenes is 1. The molecule has 0 saturated heterocycles. The Morgan fingerprint density at radius 3 is 1.82 bits per heavy atom. The second-order valence-electron chi connectivity index (χ2n) is 7.70. The third kappa shape index (κ3) is 15.4. The minimum absolute atomic E-state index is 0.0899. The first-order chi connectivity index (χ1) is 13.5. The Morgan fingerprint density at radius 2 is 1.36 bits per heavy atom. The van der Waals surface area contributed by atoms with Gasteiger partial charge in [-0.25, -0.2) is 9.59 Å². The van der Waals surface area contributed by atoms with E-state index in [1.807, 2.05) is 13.8 Å².